The van der Waals surface area contributed by atoms with Gasteiger partial charge in [0.05, 0.1) is 6.61 Å². The Morgan fingerprint density at radius 1 is 1.26 bits per heavy atom. The van der Waals surface area contributed by atoms with Gasteiger partial charge in [-0.05, 0) is 44.4 Å². The van der Waals surface area contributed by atoms with E-state index in [4.69, 9.17) is 4.74 Å². The van der Waals surface area contributed by atoms with Crippen LogP contribution in [0, 0.1) is 18.6 Å². The fraction of sp³-hybridized carbons (Fsp3) is 0.455. The highest BCUT2D eigenvalue weighted by atomic mass is 32.2. The third-order valence-electron chi connectivity index (χ3n) is 5.86. The molecule has 0 aliphatic carbocycles. The maximum absolute atomic E-state index is 14.9. The standard InChI is InChI=1S/C22H26F2N6O3S/c1-13-10-25-21(26-11-13)16(14(2)29-34(31)32)9-19-27-28-22(15-5-4-8-33-12-15)30(19)20-17(23)6-3-7-18(20)24/h3,6-7,10-11,14-16,29H,4-5,8-9,12H2,1-2H3,(H,31,32)/p-1/t14-,15+,16-/m1/s1. The number of nitrogens with zero attached hydrogens (tertiary/aromatic N) is 5. The Kier molecular flexibility index (Phi) is 7.71. The van der Waals surface area contributed by atoms with Crippen molar-refractivity contribution in [3.63, 3.8) is 0 Å². The lowest BCUT2D eigenvalue weighted by molar-refractivity contribution is 0.0774. The molecule has 1 aliphatic rings. The average Bonchev–Trinajstić information content (AvgIpc) is 3.21. The van der Waals surface area contributed by atoms with Gasteiger partial charge in [-0.15, -0.1) is 10.2 Å². The van der Waals surface area contributed by atoms with Gasteiger partial charge in [0.15, 0.2) is 0 Å². The van der Waals surface area contributed by atoms with E-state index >= 15 is 0 Å². The molecule has 4 rings (SSSR count). The zero-order valence-corrected chi connectivity index (χ0v) is 19.6. The minimum absolute atomic E-state index is 0.0861. The van der Waals surface area contributed by atoms with E-state index in [0.29, 0.717) is 24.9 Å². The number of nitrogens with one attached hydrogen (secondary N) is 1. The average molecular weight is 492 g/mol. The van der Waals surface area contributed by atoms with Gasteiger partial charge in [-0.25, -0.2) is 23.5 Å². The highest BCUT2D eigenvalue weighted by molar-refractivity contribution is 7.77. The van der Waals surface area contributed by atoms with Crippen LogP contribution in [-0.2, 0) is 22.4 Å². The molecule has 0 bridgehead atoms. The Balaban J connectivity index is 1.81. The van der Waals surface area contributed by atoms with Gasteiger partial charge in [-0.3, -0.25) is 8.78 Å². The summed E-state index contributed by atoms with van der Waals surface area (Å²) in [6.07, 6.45) is 4.88. The van der Waals surface area contributed by atoms with Crippen LogP contribution in [0.4, 0.5) is 8.78 Å². The van der Waals surface area contributed by atoms with Crippen LogP contribution in [0.5, 0.6) is 0 Å². The van der Waals surface area contributed by atoms with Gasteiger partial charge in [-0.2, -0.15) is 0 Å². The molecule has 3 heterocycles. The van der Waals surface area contributed by atoms with Crippen molar-refractivity contribution in [3.05, 3.63) is 65.3 Å². The molecule has 1 N–H and O–H groups in total. The molecule has 9 nitrogen and oxygen atoms in total. The van der Waals surface area contributed by atoms with Crippen LogP contribution in [0.1, 0.15) is 54.6 Å². The summed E-state index contributed by atoms with van der Waals surface area (Å²) >= 11 is -2.53. The molecule has 4 atom stereocenters. The summed E-state index contributed by atoms with van der Waals surface area (Å²) in [6.45, 7) is 4.49. The summed E-state index contributed by atoms with van der Waals surface area (Å²) in [5, 5.41) is 8.58. The number of ether oxygens (including phenoxy) is 1. The summed E-state index contributed by atoms with van der Waals surface area (Å²) in [4.78, 5) is 8.72. The summed E-state index contributed by atoms with van der Waals surface area (Å²) in [5.74, 6) is -1.23. The number of benzene rings is 1. The van der Waals surface area contributed by atoms with E-state index < -0.39 is 34.9 Å². The number of hydrogen-bond donors (Lipinski definition) is 1. The SMILES string of the molecule is Cc1cnc([C@H](Cc2nnc([C@H]3CCCOC3)n2-c2c(F)cccc2F)[C@@H](C)NS(=O)[O-])nc1. The van der Waals surface area contributed by atoms with Gasteiger partial charge < -0.3 is 9.29 Å². The minimum Gasteiger partial charge on any atom is -0.760 e. The molecular formula is C22H25F2N6O3S-. The fourth-order valence-corrected chi connectivity index (χ4v) is 4.60. The second-order valence-corrected chi connectivity index (χ2v) is 9.07. The van der Waals surface area contributed by atoms with Crippen molar-refractivity contribution in [1.82, 2.24) is 29.5 Å². The van der Waals surface area contributed by atoms with E-state index in [1.165, 1.54) is 22.8 Å². The molecule has 2 aromatic heterocycles. The third-order valence-corrected chi connectivity index (χ3v) is 6.43. The van der Waals surface area contributed by atoms with Crippen LogP contribution >= 0.6 is 0 Å². The summed E-state index contributed by atoms with van der Waals surface area (Å²) in [7, 11) is 0. The summed E-state index contributed by atoms with van der Waals surface area (Å²) < 4.78 is 61.9. The maximum Gasteiger partial charge on any atom is 0.150 e. The first-order chi connectivity index (χ1) is 16.3. The van der Waals surface area contributed by atoms with Crippen LogP contribution in [0.3, 0.4) is 0 Å². The van der Waals surface area contributed by atoms with Gasteiger partial charge in [0.1, 0.15) is 34.8 Å². The normalized spacial score (nSPS) is 19.0. The highest BCUT2D eigenvalue weighted by Gasteiger charge is 2.31. The minimum atomic E-state index is -2.53. The van der Waals surface area contributed by atoms with Gasteiger partial charge in [0.2, 0.25) is 0 Å². The monoisotopic (exact) mass is 491 g/mol. The van der Waals surface area contributed by atoms with Crippen LogP contribution < -0.4 is 4.72 Å². The van der Waals surface area contributed by atoms with Gasteiger partial charge in [0.25, 0.3) is 0 Å². The van der Waals surface area contributed by atoms with Crippen molar-refractivity contribution in [3.8, 4) is 5.69 Å². The number of halogens is 2. The molecule has 1 fully saturated rings. The van der Waals surface area contributed by atoms with E-state index in [1.54, 1.807) is 19.3 Å². The Hall–Kier alpha value is -2.67. The smallest absolute Gasteiger partial charge is 0.150 e. The fourth-order valence-electron chi connectivity index (χ4n) is 4.13. The molecule has 0 amide bonds. The Bertz CT molecular complexity index is 1130. The molecule has 1 unspecified atom stereocenters. The molecule has 0 radical (unpaired) electrons. The second-order valence-electron chi connectivity index (χ2n) is 8.36. The lowest BCUT2D eigenvalue weighted by Gasteiger charge is -2.26. The van der Waals surface area contributed by atoms with E-state index in [-0.39, 0.29) is 23.9 Å². The largest absolute Gasteiger partial charge is 0.760 e. The predicted molar refractivity (Wildman–Crippen MR) is 119 cm³/mol. The van der Waals surface area contributed by atoms with Gasteiger partial charge in [0, 0.05) is 54.6 Å². The number of aromatic nitrogens is 5. The molecule has 1 aliphatic heterocycles. The van der Waals surface area contributed by atoms with Crippen LogP contribution in [-0.4, -0.2) is 52.7 Å². The molecule has 0 spiro atoms. The Morgan fingerprint density at radius 3 is 2.59 bits per heavy atom. The molecule has 3 aromatic rings. The van der Waals surface area contributed by atoms with E-state index in [2.05, 4.69) is 24.9 Å². The number of hydrogen-bond acceptors (Lipinski definition) is 7. The Labute approximate surface area is 198 Å². The summed E-state index contributed by atoms with van der Waals surface area (Å²) in [5.41, 5.74) is 0.561. The first-order valence-electron chi connectivity index (χ1n) is 11.0. The maximum atomic E-state index is 14.9. The van der Waals surface area contributed by atoms with Crippen molar-refractivity contribution < 1.29 is 22.3 Å². The first-order valence-corrected chi connectivity index (χ1v) is 12.0. The van der Waals surface area contributed by atoms with Crippen molar-refractivity contribution in [1.29, 1.82) is 0 Å². The summed E-state index contributed by atoms with van der Waals surface area (Å²) in [6, 6.07) is 3.02. The second kappa shape index (κ2) is 10.7. The topological polar surface area (TPSA) is 118 Å². The predicted octanol–water partition coefficient (Wildman–Crippen LogP) is 2.64. The van der Waals surface area contributed by atoms with Crippen LogP contribution in [0.15, 0.2) is 30.6 Å². The molecule has 1 saturated heterocycles. The molecule has 12 heteroatoms. The van der Waals surface area contributed by atoms with E-state index in [1.807, 2.05) is 6.92 Å². The zero-order chi connectivity index (χ0) is 24.2. The lowest BCUT2D eigenvalue weighted by atomic mass is 9.96. The lowest BCUT2D eigenvalue weighted by Crippen LogP contribution is -2.36. The van der Waals surface area contributed by atoms with E-state index in [0.717, 1.165) is 18.4 Å². The number of para-hydroxylation sites is 1. The molecule has 182 valence electrons. The quantitative estimate of drug-likeness (QED) is 0.481. The third kappa shape index (κ3) is 5.35. The van der Waals surface area contributed by atoms with Gasteiger partial charge in [-0.1, -0.05) is 6.07 Å². The van der Waals surface area contributed by atoms with Crippen molar-refractivity contribution >= 4 is 11.3 Å². The van der Waals surface area contributed by atoms with Crippen molar-refractivity contribution in [2.45, 2.75) is 51.0 Å². The van der Waals surface area contributed by atoms with Crippen molar-refractivity contribution in [2.24, 2.45) is 0 Å². The van der Waals surface area contributed by atoms with Crippen molar-refractivity contribution in [2.75, 3.05) is 13.2 Å². The van der Waals surface area contributed by atoms with Gasteiger partial charge >= 0.3 is 0 Å². The van der Waals surface area contributed by atoms with Crippen LogP contribution in [0.25, 0.3) is 5.69 Å². The molecular weight excluding hydrogens is 466 g/mol. The highest BCUT2D eigenvalue weighted by Crippen LogP contribution is 2.31. The first kappa shape index (κ1) is 24.5. The number of rotatable bonds is 8. The molecule has 1 aromatic carbocycles. The molecule has 0 saturated carbocycles. The van der Waals surface area contributed by atoms with E-state index in [9.17, 15) is 17.5 Å². The Morgan fingerprint density at radius 2 is 1.97 bits per heavy atom. The zero-order valence-electron chi connectivity index (χ0n) is 18.8. The molecule has 34 heavy (non-hydrogen) atoms. The van der Waals surface area contributed by atoms with Crippen LogP contribution in [0.2, 0.25) is 0 Å². The number of aryl methyl sites for hydroxylation is 1.